The lowest BCUT2D eigenvalue weighted by Gasteiger charge is -2.07. The molecule has 0 aliphatic heterocycles. The Morgan fingerprint density at radius 2 is 1.65 bits per heavy atom. The molecule has 0 heterocycles. The minimum absolute atomic E-state index is 1.12. The Hall–Kier alpha value is -1.08. The van der Waals surface area contributed by atoms with Gasteiger partial charge >= 0.3 is 0 Å². The number of nitrogens with zero attached hydrogens (tertiary/aromatic N) is 1. The first-order valence-corrected chi connectivity index (χ1v) is 6.71. The van der Waals surface area contributed by atoms with Gasteiger partial charge in [0.1, 0.15) is 0 Å². The minimum atomic E-state index is 1.12. The van der Waals surface area contributed by atoms with E-state index in [1.165, 1.54) is 11.1 Å². The molecule has 96 valence electrons. The van der Waals surface area contributed by atoms with E-state index in [1.807, 2.05) is 13.8 Å². The maximum Gasteiger partial charge on any atom is -0.00504 e. The Morgan fingerprint density at radius 1 is 1.06 bits per heavy atom. The van der Waals surface area contributed by atoms with Gasteiger partial charge in [0, 0.05) is 0 Å². The van der Waals surface area contributed by atoms with Crippen molar-refractivity contribution in [3.8, 4) is 0 Å². The van der Waals surface area contributed by atoms with Gasteiger partial charge in [-0.05, 0) is 37.7 Å². The lowest BCUT2D eigenvalue weighted by Crippen LogP contribution is -2.15. The van der Waals surface area contributed by atoms with Crippen LogP contribution in [0.2, 0.25) is 0 Å². The minimum Gasteiger partial charge on any atom is -0.307 e. The molecule has 1 nitrogen and oxygen atoms in total. The van der Waals surface area contributed by atoms with Crippen LogP contribution in [0.1, 0.15) is 38.8 Å². The smallest absolute Gasteiger partial charge is 0.00504 e. The van der Waals surface area contributed by atoms with Gasteiger partial charge in [0.2, 0.25) is 0 Å². The molecule has 1 aliphatic rings. The molecule has 0 bridgehead atoms. The molecule has 0 unspecified atom stereocenters. The lowest BCUT2D eigenvalue weighted by atomic mass is 10.1. The molecule has 0 N–H and O–H groups in total. The molecule has 0 spiro atoms. The van der Waals surface area contributed by atoms with Crippen LogP contribution in [-0.4, -0.2) is 25.0 Å². The first kappa shape index (κ1) is 15.9. The van der Waals surface area contributed by atoms with E-state index >= 15 is 0 Å². The summed E-state index contributed by atoms with van der Waals surface area (Å²) in [5.41, 5.74) is 2.84. The van der Waals surface area contributed by atoms with E-state index in [0.717, 1.165) is 19.5 Å². The summed E-state index contributed by atoms with van der Waals surface area (Å²) < 4.78 is 0. The van der Waals surface area contributed by atoms with Crippen LogP contribution in [0.5, 0.6) is 0 Å². The van der Waals surface area contributed by atoms with Crippen molar-refractivity contribution in [2.24, 2.45) is 0 Å². The van der Waals surface area contributed by atoms with Crippen LogP contribution >= 0.6 is 0 Å². The zero-order chi connectivity index (χ0) is 13.1. The normalized spacial score (nSPS) is 11.2. The molecule has 2 rings (SSSR count). The fraction of sp³-hybridized carbons (Fsp3) is 0.500. The van der Waals surface area contributed by atoms with E-state index in [9.17, 15) is 0 Å². The summed E-state index contributed by atoms with van der Waals surface area (Å²) in [4.78, 5) is 2.25. The van der Waals surface area contributed by atoms with Crippen molar-refractivity contribution in [1.82, 2.24) is 4.90 Å². The molecule has 0 fully saturated rings. The first-order valence-electron chi connectivity index (χ1n) is 6.71. The quantitative estimate of drug-likeness (QED) is 0.738. The first-order chi connectivity index (χ1) is 8.27. The summed E-state index contributed by atoms with van der Waals surface area (Å²) >= 11 is 0. The number of allylic oxidation sites excluding steroid dienone is 1. The van der Waals surface area contributed by atoms with Crippen molar-refractivity contribution < 1.29 is 0 Å². The van der Waals surface area contributed by atoms with E-state index in [4.69, 9.17) is 0 Å². The van der Waals surface area contributed by atoms with Crippen LogP contribution in [0.4, 0.5) is 0 Å². The molecule has 1 heteroatoms. The average molecular weight is 233 g/mol. The lowest BCUT2D eigenvalue weighted by molar-refractivity contribution is 0.373. The van der Waals surface area contributed by atoms with Gasteiger partial charge in [-0.25, -0.2) is 0 Å². The van der Waals surface area contributed by atoms with Crippen LogP contribution in [-0.2, 0) is 6.42 Å². The van der Waals surface area contributed by atoms with Crippen molar-refractivity contribution in [3.63, 3.8) is 0 Å². The highest BCUT2D eigenvalue weighted by atomic mass is 15.1. The van der Waals surface area contributed by atoms with Crippen molar-refractivity contribution in [1.29, 1.82) is 0 Å². The van der Waals surface area contributed by atoms with Gasteiger partial charge in [-0.15, -0.1) is 0 Å². The summed E-state index contributed by atoms with van der Waals surface area (Å²) in [6.07, 6.45) is 5.50. The molecule has 0 aromatic heterocycles. The topological polar surface area (TPSA) is 3.24 Å². The Balaban J connectivity index is 0.000000283. The average Bonchev–Trinajstić information content (AvgIpc) is 2.89. The van der Waals surface area contributed by atoms with Crippen LogP contribution in [0.3, 0.4) is 0 Å². The molecule has 0 atom stereocenters. The van der Waals surface area contributed by atoms with Crippen LogP contribution in [0.25, 0.3) is 6.08 Å². The zero-order valence-corrected chi connectivity index (χ0v) is 12.0. The Kier molecular flexibility index (Phi) is 9.46. The molecule has 0 amide bonds. The van der Waals surface area contributed by atoms with Crippen LogP contribution in [0.15, 0.2) is 30.3 Å². The van der Waals surface area contributed by atoms with Gasteiger partial charge in [-0.1, -0.05) is 64.1 Å². The van der Waals surface area contributed by atoms with Gasteiger partial charge in [0.05, 0.1) is 0 Å². The van der Waals surface area contributed by atoms with Crippen LogP contribution in [0, 0.1) is 0 Å². The molecule has 1 aromatic rings. The number of hydrogen-bond donors (Lipinski definition) is 0. The largest absolute Gasteiger partial charge is 0.307 e. The fourth-order valence-corrected chi connectivity index (χ4v) is 1.42. The van der Waals surface area contributed by atoms with Gasteiger partial charge in [0.25, 0.3) is 0 Å². The second-order valence-corrected chi connectivity index (χ2v) is 3.79. The standard InChI is InChI=1S/C9H8.C5H13N.C2H6/c1-2-5-9-7-3-6-8(9)4-1;1-4-6(3)5-2;1-2/h1-6H,7H2;4-5H2,1-3H3;1-2H3. The van der Waals surface area contributed by atoms with E-state index in [0.29, 0.717) is 0 Å². The van der Waals surface area contributed by atoms with E-state index < -0.39 is 0 Å². The number of hydrogen-bond acceptors (Lipinski definition) is 1. The summed E-state index contributed by atoms with van der Waals surface area (Å²) in [6.45, 7) is 10.6. The number of rotatable bonds is 2. The van der Waals surface area contributed by atoms with E-state index in [-0.39, 0.29) is 0 Å². The molecule has 0 saturated heterocycles. The third-order valence-electron chi connectivity index (χ3n) is 2.77. The van der Waals surface area contributed by atoms with Gasteiger partial charge in [0.15, 0.2) is 0 Å². The van der Waals surface area contributed by atoms with Crippen molar-refractivity contribution >= 4 is 6.08 Å². The Morgan fingerprint density at radius 3 is 2.12 bits per heavy atom. The van der Waals surface area contributed by atoms with Crippen molar-refractivity contribution in [3.05, 3.63) is 41.5 Å². The van der Waals surface area contributed by atoms with Gasteiger partial charge in [-0.2, -0.15) is 0 Å². The third kappa shape index (κ3) is 6.28. The SMILES string of the molecule is C1=Cc2ccccc2C1.CC.CCN(C)CC. The second kappa shape index (κ2) is 10.1. The monoisotopic (exact) mass is 233 g/mol. The molecule has 1 aromatic carbocycles. The Bertz CT molecular complexity index is 311. The van der Waals surface area contributed by atoms with E-state index in [1.54, 1.807) is 0 Å². The maximum absolute atomic E-state index is 2.25. The van der Waals surface area contributed by atoms with E-state index in [2.05, 4.69) is 62.2 Å². The summed E-state index contributed by atoms with van der Waals surface area (Å²) in [5, 5.41) is 0. The van der Waals surface area contributed by atoms with Gasteiger partial charge in [-0.3, -0.25) is 0 Å². The molecule has 17 heavy (non-hydrogen) atoms. The highest BCUT2D eigenvalue weighted by molar-refractivity contribution is 5.59. The predicted octanol–water partition coefficient (Wildman–Crippen LogP) is 4.24. The highest BCUT2D eigenvalue weighted by Crippen LogP contribution is 2.17. The molecule has 1 aliphatic carbocycles. The van der Waals surface area contributed by atoms with Crippen molar-refractivity contribution in [2.75, 3.05) is 20.1 Å². The molecule has 0 saturated carbocycles. The van der Waals surface area contributed by atoms with Crippen molar-refractivity contribution in [2.45, 2.75) is 34.1 Å². The number of benzene rings is 1. The summed E-state index contributed by atoms with van der Waals surface area (Å²) in [7, 11) is 2.11. The molecule has 0 radical (unpaired) electrons. The highest BCUT2D eigenvalue weighted by Gasteiger charge is 2.00. The summed E-state index contributed by atoms with van der Waals surface area (Å²) in [5.74, 6) is 0. The number of fused-ring (bicyclic) bond motifs is 1. The summed E-state index contributed by atoms with van der Waals surface area (Å²) in [6, 6.07) is 8.49. The maximum atomic E-state index is 2.25. The molecular weight excluding hydrogens is 206 g/mol. The van der Waals surface area contributed by atoms with Crippen LogP contribution < -0.4 is 0 Å². The van der Waals surface area contributed by atoms with Gasteiger partial charge < -0.3 is 4.90 Å². The predicted molar refractivity (Wildman–Crippen MR) is 79.4 cm³/mol. The Labute approximate surface area is 107 Å². The third-order valence-corrected chi connectivity index (χ3v) is 2.77. The second-order valence-electron chi connectivity index (χ2n) is 3.79. The fourth-order valence-electron chi connectivity index (χ4n) is 1.42. The molecular formula is C16H27N. The zero-order valence-electron chi connectivity index (χ0n) is 12.0.